The summed E-state index contributed by atoms with van der Waals surface area (Å²) in [6.07, 6.45) is 3.14. The van der Waals surface area contributed by atoms with Gasteiger partial charge in [0.05, 0.1) is 40.6 Å². The first-order valence-corrected chi connectivity index (χ1v) is 12.2. The molecular weight excluding hydrogens is 502 g/mol. The lowest BCUT2D eigenvalue weighted by atomic mass is 9.96. The molecule has 1 N–H and O–H groups in total. The minimum Gasteiger partial charge on any atom is -0.507 e. The second kappa shape index (κ2) is 9.60. The minimum atomic E-state index is -0.938. The van der Waals surface area contributed by atoms with Crippen molar-refractivity contribution < 1.29 is 24.2 Å². The van der Waals surface area contributed by atoms with E-state index < -0.39 is 17.7 Å². The predicted octanol–water partition coefficient (Wildman–Crippen LogP) is 5.38. The Hall–Kier alpha value is -3.95. The summed E-state index contributed by atoms with van der Waals surface area (Å²) in [5.41, 5.74) is 1.40. The number of amides is 1. The number of Topliss-reactive ketones (excluding diaryl/α,β-unsaturated/α-hetero) is 1. The van der Waals surface area contributed by atoms with Gasteiger partial charge in [-0.25, -0.2) is 4.98 Å². The van der Waals surface area contributed by atoms with Crippen molar-refractivity contribution in [1.29, 1.82) is 0 Å². The summed E-state index contributed by atoms with van der Waals surface area (Å²) < 4.78 is 11.6. The van der Waals surface area contributed by atoms with E-state index in [0.29, 0.717) is 34.3 Å². The van der Waals surface area contributed by atoms with Gasteiger partial charge in [-0.3, -0.25) is 19.5 Å². The van der Waals surface area contributed by atoms with Gasteiger partial charge in [-0.15, -0.1) is 0 Å². The molecule has 0 bridgehead atoms. The zero-order valence-electron chi connectivity index (χ0n) is 19.3. The molecular formula is C26H20ClN3O5S. The maximum absolute atomic E-state index is 13.4. The van der Waals surface area contributed by atoms with E-state index in [0.717, 1.165) is 4.70 Å². The van der Waals surface area contributed by atoms with Gasteiger partial charge in [-0.2, -0.15) is 0 Å². The molecule has 1 aliphatic heterocycles. The summed E-state index contributed by atoms with van der Waals surface area (Å²) in [7, 11) is 1.48. The number of carbonyl (C=O) groups excluding carboxylic acids is 2. The quantitative estimate of drug-likeness (QED) is 0.206. The van der Waals surface area contributed by atoms with Gasteiger partial charge >= 0.3 is 5.91 Å². The number of rotatable bonds is 6. The van der Waals surface area contributed by atoms with E-state index in [1.807, 2.05) is 13.0 Å². The van der Waals surface area contributed by atoms with Crippen LogP contribution in [0.15, 0.2) is 66.5 Å². The Morgan fingerprint density at radius 2 is 2.03 bits per heavy atom. The number of pyridine rings is 1. The molecule has 3 heterocycles. The lowest BCUT2D eigenvalue weighted by Crippen LogP contribution is -2.29. The number of ketones is 1. The zero-order valence-corrected chi connectivity index (χ0v) is 20.8. The molecule has 2 aromatic carbocycles. The van der Waals surface area contributed by atoms with Gasteiger partial charge in [-0.1, -0.05) is 29.0 Å². The first-order valence-electron chi connectivity index (χ1n) is 11.0. The summed E-state index contributed by atoms with van der Waals surface area (Å²) in [6.45, 7) is 2.41. The van der Waals surface area contributed by atoms with Crippen molar-refractivity contribution in [1.82, 2.24) is 9.97 Å². The van der Waals surface area contributed by atoms with Crippen LogP contribution < -0.4 is 14.4 Å². The van der Waals surface area contributed by atoms with Gasteiger partial charge in [0.2, 0.25) is 0 Å². The average molecular weight is 522 g/mol. The molecule has 1 fully saturated rings. The van der Waals surface area contributed by atoms with Crippen LogP contribution in [0.1, 0.15) is 24.1 Å². The van der Waals surface area contributed by atoms with Crippen molar-refractivity contribution in [2.75, 3.05) is 18.6 Å². The summed E-state index contributed by atoms with van der Waals surface area (Å²) in [6, 6.07) is 12.6. The third kappa shape index (κ3) is 4.06. The summed E-state index contributed by atoms with van der Waals surface area (Å²) >= 11 is 7.51. The van der Waals surface area contributed by atoms with Crippen LogP contribution in [-0.2, 0) is 9.59 Å². The highest BCUT2D eigenvalue weighted by molar-refractivity contribution is 7.22. The van der Waals surface area contributed by atoms with Crippen molar-refractivity contribution in [2.24, 2.45) is 0 Å². The molecule has 5 rings (SSSR count). The molecule has 0 spiro atoms. The molecule has 1 atom stereocenters. The maximum Gasteiger partial charge on any atom is 0.301 e. The highest BCUT2D eigenvalue weighted by Gasteiger charge is 2.48. The lowest BCUT2D eigenvalue weighted by molar-refractivity contribution is -0.132. The highest BCUT2D eigenvalue weighted by Crippen LogP contribution is 2.44. The van der Waals surface area contributed by atoms with E-state index in [1.54, 1.807) is 48.8 Å². The van der Waals surface area contributed by atoms with Crippen LogP contribution in [0.25, 0.3) is 16.0 Å². The van der Waals surface area contributed by atoms with Gasteiger partial charge in [0, 0.05) is 18.0 Å². The van der Waals surface area contributed by atoms with Crippen molar-refractivity contribution in [3.8, 4) is 11.5 Å². The van der Waals surface area contributed by atoms with Crippen molar-refractivity contribution in [3.05, 3.63) is 82.6 Å². The van der Waals surface area contributed by atoms with Crippen molar-refractivity contribution in [2.45, 2.75) is 13.0 Å². The van der Waals surface area contributed by atoms with E-state index >= 15 is 0 Å². The van der Waals surface area contributed by atoms with E-state index in [-0.39, 0.29) is 21.9 Å². The minimum absolute atomic E-state index is 0.0801. The van der Waals surface area contributed by atoms with E-state index in [1.165, 1.54) is 29.4 Å². The Kier molecular flexibility index (Phi) is 6.34. The Balaban J connectivity index is 1.68. The van der Waals surface area contributed by atoms with Gasteiger partial charge in [0.1, 0.15) is 17.3 Å². The molecule has 0 saturated carbocycles. The molecule has 182 valence electrons. The van der Waals surface area contributed by atoms with E-state index in [9.17, 15) is 14.7 Å². The summed E-state index contributed by atoms with van der Waals surface area (Å²) in [5.74, 6) is -0.883. The fourth-order valence-electron chi connectivity index (χ4n) is 4.10. The highest BCUT2D eigenvalue weighted by atomic mass is 35.5. The molecule has 0 radical (unpaired) electrons. The molecule has 1 saturated heterocycles. The SMILES string of the molecule is CCOc1ccc2nc(N3C(=O)C(=O)/C(=C(/O)c4ccc(OC)c(Cl)c4)C3c3cccnc3)sc2c1. The third-order valence-corrected chi connectivity index (χ3v) is 7.05. The molecule has 1 unspecified atom stereocenters. The summed E-state index contributed by atoms with van der Waals surface area (Å²) in [4.78, 5) is 36.8. The smallest absolute Gasteiger partial charge is 0.301 e. The molecule has 36 heavy (non-hydrogen) atoms. The van der Waals surface area contributed by atoms with E-state index in [4.69, 9.17) is 21.1 Å². The van der Waals surface area contributed by atoms with Crippen molar-refractivity contribution in [3.63, 3.8) is 0 Å². The number of methoxy groups -OCH3 is 1. The molecule has 2 aromatic heterocycles. The van der Waals surface area contributed by atoms with Crippen LogP contribution in [0, 0.1) is 0 Å². The maximum atomic E-state index is 13.4. The Morgan fingerprint density at radius 3 is 2.72 bits per heavy atom. The number of anilines is 1. The predicted molar refractivity (Wildman–Crippen MR) is 138 cm³/mol. The number of halogens is 1. The fraction of sp³-hybridized carbons (Fsp3) is 0.154. The number of fused-ring (bicyclic) bond motifs is 1. The largest absolute Gasteiger partial charge is 0.507 e. The number of hydrogen-bond donors (Lipinski definition) is 1. The summed E-state index contributed by atoms with van der Waals surface area (Å²) in [5, 5.41) is 11.8. The second-order valence-corrected chi connectivity index (χ2v) is 9.28. The third-order valence-electron chi connectivity index (χ3n) is 5.74. The number of ether oxygens (including phenoxy) is 2. The van der Waals surface area contributed by atoms with Crippen LogP contribution in [0.4, 0.5) is 5.13 Å². The van der Waals surface area contributed by atoms with Gasteiger partial charge in [0.25, 0.3) is 5.78 Å². The Bertz CT molecular complexity index is 1520. The molecule has 1 amide bonds. The van der Waals surface area contributed by atoms with Crippen LogP contribution in [-0.4, -0.2) is 40.5 Å². The van der Waals surface area contributed by atoms with Crippen LogP contribution >= 0.6 is 22.9 Å². The van der Waals surface area contributed by atoms with Gasteiger partial charge < -0.3 is 14.6 Å². The molecule has 8 nitrogen and oxygen atoms in total. The first kappa shape index (κ1) is 23.8. The number of aromatic nitrogens is 2. The topological polar surface area (TPSA) is 102 Å². The number of aliphatic hydroxyl groups is 1. The van der Waals surface area contributed by atoms with Gasteiger partial charge in [0.15, 0.2) is 5.13 Å². The number of benzene rings is 2. The number of nitrogens with zero attached hydrogens (tertiary/aromatic N) is 3. The van der Waals surface area contributed by atoms with Crippen molar-refractivity contribution >= 4 is 55.7 Å². The van der Waals surface area contributed by atoms with Crippen LogP contribution in [0.5, 0.6) is 11.5 Å². The molecule has 10 heteroatoms. The van der Waals surface area contributed by atoms with Crippen LogP contribution in [0.3, 0.4) is 0 Å². The van der Waals surface area contributed by atoms with Crippen LogP contribution in [0.2, 0.25) is 5.02 Å². The lowest BCUT2D eigenvalue weighted by Gasteiger charge is -2.22. The first-order chi connectivity index (χ1) is 17.4. The number of carbonyl (C=O) groups is 2. The average Bonchev–Trinajstić information content (AvgIpc) is 3.42. The standard InChI is InChI=1S/C26H20ClN3O5S/c1-3-35-16-7-8-18-20(12-16)36-26(29-18)30-22(15-5-4-10-28-13-15)21(24(32)25(30)33)23(31)14-6-9-19(34-2)17(27)11-14/h4-13,22,31H,3H2,1-2H3/b23-21+. The number of thiazole rings is 1. The van der Waals surface area contributed by atoms with E-state index in [2.05, 4.69) is 9.97 Å². The molecule has 0 aliphatic carbocycles. The normalized spacial score (nSPS) is 17.1. The molecule has 1 aliphatic rings. The second-order valence-electron chi connectivity index (χ2n) is 7.86. The zero-order chi connectivity index (χ0) is 25.4. The monoisotopic (exact) mass is 521 g/mol. The van der Waals surface area contributed by atoms with Gasteiger partial charge in [-0.05, 0) is 55.0 Å². The fourth-order valence-corrected chi connectivity index (χ4v) is 5.38. The number of aliphatic hydroxyl groups excluding tert-OH is 1. The Labute approximate surface area is 215 Å². The number of hydrogen-bond acceptors (Lipinski definition) is 8. The Morgan fingerprint density at radius 1 is 1.19 bits per heavy atom. The molecule has 4 aromatic rings.